The van der Waals surface area contributed by atoms with Gasteiger partial charge < -0.3 is 16.0 Å². The molecule has 0 aliphatic carbocycles. The second-order valence-corrected chi connectivity index (χ2v) is 5.77. The summed E-state index contributed by atoms with van der Waals surface area (Å²) in [5, 5.41) is 5.81. The number of thioether (sulfide) groups is 1. The summed E-state index contributed by atoms with van der Waals surface area (Å²) in [6.45, 7) is 1.73. The number of nitrogens with one attached hydrogen (secondary N) is 2. The lowest BCUT2D eigenvalue weighted by molar-refractivity contribution is -0.129. The quantitative estimate of drug-likeness (QED) is 0.639. The molecule has 2 amide bonds. The van der Waals surface area contributed by atoms with Crippen molar-refractivity contribution in [3.63, 3.8) is 0 Å². The van der Waals surface area contributed by atoms with Crippen molar-refractivity contribution in [2.45, 2.75) is 37.3 Å². The zero-order valence-corrected chi connectivity index (χ0v) is 11.2. The Morgan fingerprint density at radius 1 is 1.39 bits per heavy atom. The molecule has 2 unspecified atom stereocenters. The summed E-state index contributed by atoms with van der Waals surface area (Å²) < 4.78 is 0. The zero-order chi connectivity index (χ0) is 13.0. The Morgan fingerprint density at radius 3 is 2.78 bits per heavy atom. The fraction of sp³-hybridized carbons (Fsp3) is 0.818. The molecule has 2 rings (SSSR count). The Hall–Kier alpha value is -0.790. The molecule has 2 saturated heterocycles. The van der Waals surface area contributed by atoms with Crippen LogP contribution in [-0.2, 0) is 9.59 Å². The lowest BCUT2D eigenvalue weighted by Gasteiger charge is -2.30. The van der Waals surface area contributed by atoms with Crippen LogP contribution in [-0.4, -0.2) is 47.2 Å². The van der Waals surface area contributed by atoms with E-state index in [1.807, 2.05) is 4.90 Å². The van der Waals surface area contributed by atoms with E-state index in [2.05, 4.69) is 10.6 Å². The summed E-state index contributed by atoms with van der Waals surface area (Å²) in [6.07, 6.45) is 3.38. The smallest absolute Gasteiger partial charge is 0.232 e. The van der Waals surface area contributed by atoms with Gasteiger partial charge in [-0.2, -0.15) is 0 Å². The number of carbonyl (C=O) groups excluding carboxylic acids is 2. The molecule has 18 heavy (non-hydrogen) atoms. The van der Waals surface area contributed by atoms with Crippen molar-refractivity contribution in [2.75, 3.05) is 18.8 Å². The highest BCUT2D eigenvalue weighted by atomic mass is 32.2. The van der Waals surface area contributed by atoms with Gasteiger partial charge in [-0.15, -0.1) is 11.8 Å². The van der Waals surface area contributed by atoms with E-state index in [0.29, 0.717) is 5.75 Å². The Labute approximate surface area is 111 Å². The third kappa shape index (κ3) is 3.86. The van der Waals surface area contributed by atoms with Gasteiger partial charge in [0.15, 0.2) is 0 Å². The van der Waals surface area contributed by atoms with Gasteiger partial charge in [0.1, 0.15) is 5.50 Å². The van der Waals surface area contributed by atoms with E-state index >= 15 is 0 Å². The van der Waals surface area contributed by atoms with Crippen LogP contribution in [0.4, 0.5) is 0 Å². The van der Waals surface area contributed by atoms with E-state index in [0.717, 1.165) is 25.9 Å². The number of amides is 2. The van der Waals surface area contributed by atoms with Gasteiger partial charge in [-0.05, 0) is 19.3 Å². The van der Waals surface area contributed by atoms with Crippen molar-refractivity contribution in [3.8, 4) is 0 Å². The molecule has 0 aromatic carbocycles. The topological polar surface area (TPSA) is 87.5 Å². The number of nitrogens with two attached hydrogens (primary N) is 1. The lowest BCUT2D eigenvalue weighted by Crippen LogP contribution is -2.58. The molecule has 6 nitrogen and oxygen atoms in total. The van der Waals surface area contributed by atoms with E-state index in [9.17, 15) is 9.59 Å². The molecule has 0 aromatic rings. The number of rotatable bonds is 3. The second kappa shape index (κ2) is 6.40. The third-order valence-corrected chi connectivity index (χ3v) is 4.15. The molecule has 0 saturated carbocycles. The van der Waals surface area contributed by atoms with Gasteiger partial charge in [-0.25, -0.2) is 0 Å². The monoisotopic (exact) mass is 272 g/mol. The minimum atomic E-state index is -0.318. The zero-order valence-electron chi connectivity index (χ0n) is 10.4. The van der Waals surface area contributed by atoms with Gasteiger partial charge in [0.05, 0.1) is 18.3 Å². The Kier molecular flexibility index (Phi) is 4.85. The fourth-order valence-corrected chi connectivity index (χ4v) is 3.16. The van der Waals surface area contributed by atoms with Gasteiger partial charge >= 0.3 is 0 Å². The molecule has 0 spiro atoms. The SMILES string of the molecule is NC1CC(=O)NC(SCC(=O)N2CCCCC2)N1. The van der Waals surface area contributed by atoms with Crippen molar-refractivity contribution in [1.29, 1.82) is 0 Å². The average molecular weight is 272 g/mol. The predicted octanol–water partition coefficient (Wildman–Crippen LogP) is -0.590. The first-order chi connectivity index (χ1) is 8.65. The van der Waals surface area contributed by atoms with Crippen molar-refractivity contribution in [2.24, 2.45) is 5.73 Å². The number of hydrogen-bond acceptors (Lipinski definition) is 5. The van der Waals surface area contributed by atoms with Crippen LogP contribution >= 0.6 is 11.8 Å². The van der Waals surface area contributed by atoms with Crippen LogP contribution in [0.2, 0.25) is 0 Å². The second-order valence-electron chi connectivity index (χ2n) is 4.68. The van der Waals surface area contributed by atoms with Crippen LogP contribution in [0.15, 0.2) is 0 Å². The lowest BCUT2D eigenvalue weighted by atomic mass is 10.1. The molecule has 2 aliphatic heterocycles. The Morgan fingerprint density at radius 2 is 2.11 bits per heavy atom. The van der Waals surface area contributed by atoms with E-state index < -0.39 is 0 Å². The normalized spacial score (nSPS) is 28.9. The Bertz CT molecular complexity index is 320. The molecule has 7 heteroatoms. The summed E-state index contributed by atoms with van der Waals surface area (Å²) in [6, 6.07) is 0. The summed E-state index contributed by atoms with van der Waals surface area (Å²) in [5.74, 6) is 0.462. The summed E-state index contributed by atoms with van der Waals surface area (Å²) >= 11 is 1.39. The van der Waals surface area contributed by atoms with Crippen LogP contribution in [0.25, 0.3) is 0 Å². The highest BCUT2D eigenvalue weighted by Gasteiger charge is 2.25. The number of nitrogens with zero attached hydrogens (tertiary/aromatic N) is 1. The molecule has 102 valence electrons. The van der Waals surface area contributed by atoms with Crippen LogP contribution in [0.3, 0.4) is 0 Å². The minimum absolute atomic E-state index is 0.0656. The van der Waals surface area contributed by atoms with Crippen LogP contribution in [0, 0.1) is 0 Å². The van der Waals surface area contributed by atoms with Crippen LogP contribution in [0.5, 0.6) is 0 Å². The van der Waals surface area contributed by atoms with Crippen LogP contribution in [0.1, 0.15) is 25.7 Å². The summed E-state index contributed by atoms with van der Waals surface area (Å²) in [5.41, 5.74) is 5.43. The van der Waals surface area contributed by atoms with Crippen molar-refractivity contribution >= 4 is 23.6 Å². The molecular formula is C11H20N4O2S. The van der Waals surface area contributed by atoms with Crippen molar-refractivity contribution in [1.82, 2.24) is 15.5 Å². The molecule has 0 radical (unpaired) electrons. The molecule has 2 aliphatic rings. The molecule has 0 aromatic heterocycles. The molecule has 4 N–H and O–H groups in total. The van der Waals surface area contributed by atoms with Crippen LogP contribution < -0.4 is 16.4 Å². The van der Waals surface area contributed by atoms with Crippen molar-refractivity contribution < 1.29 is 9.59 Å². The number of likely N-dealkylation sites (tertiary alicyclic amines) is 1. The standard InChI is InChI=1S/C11H20N4O2S/c12-8-6-9(16)14-11(13-8)18-7-10(17)15-4-2-1-3-5-15/h8,11,13H,1-7,12H2,(H,14,16). The summed E-state index contributed by atoms with van der Waals surface area (Å²) in [4.78, 5) is 25.1. The third-order valence-electron chi connectivity index (χ3n) is 3.15. The molecule has 2 fully saturated rings. The predicted molar refractivity (Wildman–Crippen MR) is 70.5 cm³/mol. The minimum Gasteiger partial charge on any atom is -0.342 e. The first-order valence-corrected chi connectivity index (χ1v) is 7.40. The fourth-order valence-electron chi connectivity index (χ4n) is 2.18. The highest BCUT2D eigenvalue weighted by molar-refractivity contribution is 8.00. The maximum atomic E-state index is 11.9. The number of piperidine rings is 1. The molecule has 2 heterocycles. The number of carbonyl (C=O) groups is 2. The van der Waals surface area contributed by atoms with E-state index in [1.54, 1.807) is 0 Å². The van der Waals surface area contributed by atoms with Gasteiger partial charge in [0.25, 0.3) is 0 Å². The number of hydrogen-bond donors (Lipinski definition) is 3. The Balaban J connectivity index is 1.73. The van der Waals surface area contributed by atoms with Gasteiger partial charge in [-0.1, -0.05) is 0 Å². The first kappa shape index (κ1) is 13.6. The van der Waals surface area contributed by atoms with Gasteiger partial charge in [-0.3, -0.25) is 14.9 Å². The maximum Gasteiger partial charge on any atom is 0.232 e. The molecule has 0 bridgehead atoms. The maximum absolute atomic E-state index is 11.9. The first-order valence-electron chi connectivity index (χ1n) is 6.35. The highest BCUT2D eigenvalue weighted by Crippen LogP contribution is 2.14. The van der Waals surface area contributed by atoms with E-state index in [-0.39, 0.29) is 29.9 Å². The van der Waals surface area contributed by atoms with E-state index in [1.165, 1.54) is 18.2 Å². The van der Waals surface area contributed by atoms with E-state index in [4.69, 9.17) is 5.73 Å². The molecule has 2 atom stereocenters. The average Bonchev–Trinajstić information content (AvgIpc) is 2.36. The molecular weight excluding hydrogens is 252 g/mol. The van der Waals surface area contributed by atoms with Crippen molar-refractivity contribution in [3.05, 3.63) is 0 Å². The largest absolute Gasteiger partial charge is 0.342 e. The van der Waals surface area contributed by atoms with Gasteiger partial charge in [0.2, 0.25) is 11.8 Å². The van der Waals surface area contributed by atoms with Gasteiger partial charge in [0, 0.05) is 13.1 Å². The summed E-state index contributed by atoms with van der Waals surface area (Å²) in [7, 11) is 0.